The third kappa shape index (κ3) is 2.76. The number of imidazole rings is 1. The summed E-state index contributed by atoms with van der Waals surface area (Å²) in [6.07, 6.45) is 4.28. The summed E-state index contributed by atoms with van der Waals surface area (Å²) >= 11 is 3.51. The van der Waals surface area contributed by atoms with Crippen molar-refractivity contribution in [3.8, 4) is 0 Å². The molecule has 0 unspecified atom stereocenters. The van der Waals surface area contributed by atoms with E-state index < -0.39 is 0 Å². The van der Waals surface area contributed by atoms with Gasteiger partial charge in [0.05, 0.1) is 16.9 Å². The standard InChI is InChI=1S/C20H17BrN4O/c1-3-15-18(25-11-14(21)10-12(2)19(25)23-15)20(26)24-16-8-4-6-13-7-5-9-22-17(13)16/h4-11H,3H2,1-2H3,(H,24,26). The highest BCUT2D eigenvalue weighted by Gasteiger charge is 2.20. The van der Waals surface area contributed by atoms with Crippen LogP contribution in [0.15, 0.2) is 53.3 Å². The minimum Gasteiger partial charge on any atom is -0.319 e. The van der Waals surface area contributed by atoms with Crippen molar-refractivity contribution in [3.63, 3.8) is 0 Å². The predicted octanol–water partition coefficient (Wildman–Crippen LogP) is 4.77. The molecule has 0 spiro atoms. The first-order chi connectivity index (χ1) is 12.6. The highest BCUT2D eigenvalue weighted by molar-refractivity contribution is 9.10. The highest BCUT2D eigenvalue weighted by atomic mass is 79.9. The second kappa shape index (κ2) is 6.53. The van der Waals surface area contributed by atoms with Gasteiger partial charge in [-0.3, -0.25) is 14.2 Å². The van der Waals surface area contributed by atoms with Gasteiger partial charge in [-0.1, -0.05) is 25.1 Å². The van der Waals surface area contributed by atoms with E-state index in [4.69, 9.17) is 0 Å². The minimum atomic E-state index is -0.190. The summed E-state index contributed by atoms with van der Waals surface area (Å²) in [4.78, 5) is 22.2. The van der Waals surface area contributed by atoms with E-state index in [1.54, 1.807) is 6.20 Å². The Balaban J connectivity index is 1.83. The minimum absolute atomic E-state index is 0.190. The molecular formula is C20H17BrN4O. The Kier molecular flexibility index (Phi) is 4.20. The number of nitrogens with zero attached hydrogens (tertiary/aromatic N) is 3. The Morgan fingerprint density at radius 3 is 2.88 bits per heavy atom. The summed E-state index contributed by atoms with van der Waals surface area (Å²) in [5.74, 6) is -0.190. The molecule has 0 aliphatic rings. The van der Waals surface area contributed by atoms with Crippen LogP contribution in [0.4, 0.5) is 5.69 Å². The van der Waals surface area contributed by atoms with Gasteiger partial charge in [-0.05, 0) is 53.0 Å². The fourth-order valence-electron chi connectivity index (χ4n) is 3.19. The van der Waals surface area contributed by atoms with Gasteiger partial charge in [0.2, 0.25) is 0 Å². The van der Waals surface area contributed by atoms with Crippen molar-refractivity contribution in [3.05, 3.63) is 70.2 Å². The lowest BCUT2D eigenvalue weighted by atomic mass is 10.2. The van der Waals surface area contributed by atoms with Gasteiger partial charge in [-0.15, -0.1) is 0 Å². The van der Waals surface area contributed by atoms with Crippen molar-refractivity contribution in [2.24, 2.45) is 0 Å². The molecule has 0 atom stereocenters. The normalized spacial score (nSPS) is 11.2. The van der Waals surface area contributed by atoms with Gasteiger partial charge in [-0.25, -0.2) is 4.98 Å². The molecule has 0 fully saturated rings. The summed E-state index contributed by atoms with van der Waals surface area (Å²) in [6, 6.07) is 11.6. The number of para-hydroxylation sites is 1. The molecule has 0 aliphatic heterocycles. The maximum atomic E-state index is 13.1. The summed E-state index contributed by atoms with van der Waals surface area (Å²) in [5, 5.41) is 4.00. The molecule has 0 radical (unpaired) electrons. The highest BCUT2D eigenvalue weighted by Crippen LogP contribution is 2.24. The molecule has 0 saturated carbocycles. The van der Waals surface area contributed by atoms with Crippen LogP contribution >= 0.6 is 15.9 Å². The van der Waals surface area contributed by atoms with Crippen molar-refractivity contribution in [2.75, 3.05) is 5.32 Å². The first kappa shape index (κ1) is 16.7. The predicted molar refractivity (Wildman–Crippen MR) is 107 cm³/mol. The number of carbonyl (C=O) groups excluding carboxylic acids is 1. The molecule has 26 heavy (non-hydrogen) atoms. The molecule has 3 heterocycles. The molecule has 1 amide bonds. The number of nitrogens with one attached hydrogen (secondary N) is 1. The molecule has 0 aliphatic carbocycles. The molecule has 1 aromatic carbocycles. The van der Waals surface area contributed by atoms with E-state index in [2.05, 4.69) is 31.2 Å². The number of anilines is 1. The van der Waals surface area contributed by atoms with Crippen LogP contribution in [-0.2, 0) is 6.42 Å². The Morgan fingerprint density at radius 2 is 2.08 bits per heavy atom. The third-order valence-corrected chi connectivity index (χ3v) is 4.81. The topological polar surface area (TPSA) is 59.3 Å². The molecule has 4 aromatic rings. The van der Waals surface area contributed by atoms with E-state index in [1.165, 1.54) is 0 Å². The number of amides is 1. The molecule has 1 N–H and O–H groups in total. The summed E-state index contributed by atoms with van der Waals surface area (Å²) in [6.45, 7) is 3.99. The smallest absolute Gasteiger partial charge is 0.274 e. The first-order valence-electron chi connectivity index (χ1n) is 8.40. The van der Waals surface area contributed by atoms with Gasteiger partial charge in [0.15, 0.2) is 0 Å². The quantitative estimate of drug-likeness (QED) is 0.531. The van der Waals surface area contributed by atoms with E-state index in [1.807, 2.05) is 60.8 Å². The summed E-state index contributed by atoms with van der Waals surface area (Å²) < 4.78 is 2.76. The van der Waals surface area contributed by atoms with Gasteiger partial charge in [0, 0.05) is 22.3 Å². The summed E-state index contributed by atoms with van der Waals surface area (Å²) in [5.41, 5.74) is 4.60. The van der Waals surface area contributed by atoms with Crippen molar-refractivity contribution in [1.82, 2.24) is 14.4 Å². The number of hydrogen-bond acceptors (Lipinski definition) is 3. The maximum absolute atomic E-state index is 13.1. The molecule has 0 saturated heterocycles. The van der Waals surface area contributed by atoms with Gasteiger partial charge >= 0.3 is 0 Å². The number of aromatic nitrogens is 3. The number of carbonyl (C=O) groups is 1. The van der Waals surface area contributed by atoms with E-state index in [9.17, 15) is 4.79 Å². The lowest BCUT2D eigenvalue weighted by Gasteiger charge is -2.09. The van der Waals surface area contributed by atoms with Crippen molar-refractivity contribution >= 4 is 44.1 Å². The van der Waals surface area contributed by atoms with Crippen LogP contribution in [0.5, 0.6) is 0 Å². The lowest BCUT2D eigenvalue weighted by molar-refractivity contribution is 0.102. The number of fused-ring (bicyclic) bond motifs is 2. The van der Waals surface area contributed by atoms with E-state index in [-0.39, 0.29) is 5.91 Å². The SMILES string of the molecule is CCc1nc2c(C)cc(Br)cn2c1C(=O)Nc1cccc2cccnc12. The Morgan fingerprint density at radius 1 is 1.27 bits per heavy atom. The molecule has 130 valence electrons. The Labute approximate surface area is 159 Å². The van der Waals surface area contributed by atoms with Gasteiger partial charge in [0.25, 0.3) is 5.91 Å². The lowest BCUT2D eigenvalue weighted by Crippen LogP contribution is -2.16. The molecule has 3 aromatic heterocycles. The van der Waals surface area contributed by atoms with Crippen LogP contribution in [0.2, 0.25) is 0 Å². The average Bonchev–Trinajstić information content (AvgIpc) is 3.01. The van der Waals surface area contributed by atoms with Crippen LogP contribution in [0.1, 0.15) is 28.7 Å². The number of benzene rings is 1. The Bertz CT molecular complexity index is 1140. The van der Waals surface area contributed by atoms with E-state index in [0.29, 0.717) is 17.8 Å². The number of pyridine rings is 2. The zero-order valence-corrected chi connectivity index (χ0v) is 16.0. The monoisotopic (exact) mass is 408 g/mol. The first-order valence-corrected chi connectivity index (χ1v) is 9.20. The van der Waals surface area contributed by atoms with Gasteiger partial charge in [0.1, 0.15) is 11.3 Å². The van der Waals surface area contributed by atoms with E-state index >= 15 is 0 Å². The molecule has 4 rings (SSSR count). The number of halogens is 1. The van der Waals surface area contributed by atoms with Crippen LogP contribution in [0, 0.1) is 6.92 Å². The molecular weight excluding hydrogens is 392 g/mol. The van der Waals surface area contributed by atoms with Crippen LogP contribution in [0.25, 0.3) is 16.6 Å². The largest absolute Gasteiger partial charge is 0.319 e. The average molecular weight is 409 g/mol. The second-order valence-corrected chi connectivity index (χ2v) is 7.05. The second-order valence-electron chi connectivity index (χ2n) is 6.13. The van der Waals surface area contributed by atoms with Crippen LogP contribution in [-0.4, -0.2) is 20.3 Å². The third-order valence-electron chi connectivity index (χ3n) is 4.37. The van der Waals surface area contributed by atoms with Crippen LogP contribution < -0.4 is 5.32 Å². The molecule has 5 nitrogen and oxygen atoms in total. The number of hydrogen-bond donors (Lipinski definition) is 1. The number of rotatable bonds is 3. The molecule has 6 heteroatoms. The van der Waals surface area contributed by atoms with Crippen molar-refractivity contribution in [2.45, 2.75) is 20.3 Å². The summed E-state index contributed by atoms with van der Waals surface area (Å²) in [7, 11) is 0. The zero-order chi connectivity index (χ0) is 18.3. The molecule has 0 bridgehead atoms. The zero-order valence-electron chi connectivity index (χ0n) is 14.5. The van der Waals surface area contributed by atoms with Crippen molar-refractivity contribution < 1.29 is 4.79 Å². The van der Waals surface area contributed by atoms with Crippen LogP contribution in [0.3, 0.4) is 0 Å². The van der Waals surface area contributed by atoms with Gasteiger partial charge in [-0.2, -0.15) is 0 Å². The number of aryl methyl sites for hydroxylation is 2. The Hall–Kier alpha value is -2.73. The van der Waals surface area contributed by atoms with Gasteiger partial charge < -0.3 is 5.32 Å². The fourth-order valence-corrected chi connectivity index (χ4v) is 3.74. The van der Waals surface area contributed by atoms with Crippen molar-refractivity contribution in [1.29, 1.82) is 0 Å². The fraction of sp³-hybridized carbons (Fsp3) is 0.150. The van der Waals surface area contributed by atoms with E-state index in [0.717, 1.165) is 32.3 Å². The maximum Gasteiger partial charge on any atom is 0.274 e.